The topological polar surface area (TPSA) is 38.5 Å². The third-order valence-electron chi connectivity index (χ3n) is 2.66. The lowest BCUT2D eigenvalue weighted by molar-refractivity contribution is 0.0388. The smallest absolute Gasteiger partial charge is 0.124 e. The van der Waals surface area contributed by atoms with Crippen molar-refractivity contribution in [3.63, 3.8) is 0 Å². The molecule has 1 saturated heterocycles. The van der Waals surface area contributed by atoms with Gasteiger partial charge in [0.05, 0.1) is 0 Å². The van der Waals surface area contributed by atoms with Crippen molar-refractivity contribution in [3.05, 3.63) is 35.9 Å². The summed E-state index contributed by atoms with van der Waals surface area (Å²) in [6, 6.07) is 8.11. The molecule has 86 valence electrons. The Morgan fingerprint density at radius 1 is 1.38 bits per heavy atom. The van der Waals surface area contributed by atoms with Crippen LogP contribution >= 0.6 is 0 Å². The number of hydrogen-bond acceptors (Lipinski definition) is 3. The van der Waals surface area contributed by atoms with Crippen LogP contribution in [0.25, 0.3) is 6.08 Å². The van der Waals surface area contributed by atoms with Crippen molar-refractivity contribution in [2.24, 2.45) is 5.73 Å². The van der Waals surface area contributed by atoms with E-state index in [9.17, 15) is 0 Å². The summed E-state index contributed by atoms with van der Waals surface area (Å²) in [7, 11) is 2.10. The van der Waals surface area contributed by atoms with Gasteiger partial charge >= 0.3 is 0 Å². The zero-order valence-electron chi connectivity index (χ0n) is 9.60. The molecule has 0 atom stereocenters. The van der Waals surface area contributed by atoms with Gasteiger partial charge in [-0.05, 0) is 24.7 Å². The molecule has 1 aliphatic heterocycles. The Kier molecular flexibility index (Phi) is 3.59. The van der Waals surface area contributed by atoms with Crippen LogP contribution < -0.4 is 10.5 Å². The van der Waals surface area contributed by atoms with Crippen LogP contribution in [-0.4, -0.2) is 37.7 Å². The van der Waals surface area contributed by atoms with Crippen molar-refractivity contribution in [2.45, 2.75) is 6.10 Å². The lowest BCUT2D eigenvalue weighted by Crippen LogP contribution is -2.51. The van der Waals surface area contributed by atoms with Crippen LogP contribution in [0.3, 0.4) is 0 Å². The highest BCUT2D eigenvalue weighted by atomic mass is 16.5. The fourth-order valence-electron chi connectivity index (χ4n) is 1.77. The van der Waals surface area contributed by atoms with Crippen molar-refractivity contribution in [2.75, 3.05) is 26.7 Å². The number of ether oxygens (including phenoxy) is 1. The van der Waals surface area contributed by atoms with E-state index < -0.39 is 0 Å². The number of rotatable bonds is 4. The molecule has 0 aromatic heterocycles. The monoisotopic (exact) mass is 218 g/mol. The summed E-state index contributed by atoms with van der Waals surface area (Å²) in [5, 5.41) is 0. The zero-order valence-corrected chi connectivity index (χ0v) is 9.60. The Balaban J connectivity index is 1.89. The Bertz CT molecular complexity index is 353. The second kappa shape index (κ2) is 5.14. The molecule has 0 aliphatic carbocycles. The van der Waals surface area contributed by atoms with E-state index in [0.717, 1.165) is 24.4 Å². The van der Waals surface area contributed by atoms with Gasteiger partial charge in [-0.15, -0.1) is 0 Å². The molecule has 1 aliphatic rings. The van der Waals surface area contributed by atoms with Crippen molar-refractivity contribution in [3.8, 4) is 5.75 Å². The second-order valence-corrected chi connectivity index (χ2v) is 4.17. The van der Waals surface area contributed by atoms with Gasteiger partial charge in [0.15, 0.2) is 0 Å². The van der Waals surface area contributed by atoms with E-state index in [4.69, 9.17) is 10.5 Å². The minimum Gasteiger partial charge on any atom is -0.488 e. The lowest BCUT2D eigenvalue weighted by Gasteiger charge is -2.35. The molecule has 1 fully saturated rings. The maximum Gasteiger partial charge on any atom is 0.124 e. The van der Waals surface area contributed by atoms with Gasteiger partial charge in [0.1, 0.15) is 11.9 Å². The molecule has 1 aromatic carbocycles. The molecule has 3 heteroatoms. The molecule has 1 aromatic rings. The summed E-state index contributed by atoms with van der Waals surface area (Å²) in [5.74, 6) is 0.947. The minimum atomic E-state index is 0.357. The predicted octanol–water partition coefficient (Wildman–Crippen LogP) is 1.35. The third kappa shape index (κ3) is 2.84. The number of likely N-dealkylation sites (tertiary alicyclic amines) is 1. The van der Waals surface area contributed by atoms with Crippen LogP contribution in [0.15, 0.2) is 30.3 Å². The lowest BCUT2D eigenvalue weighted by atomic mass is 10.2. The van der Waals surface area contributed by atoms with E-state index >= 15 is 0 Å². The van der Waals surface area contributed by atoms with Gasteiger partial charge in [0.25, 0.3) is 0 Å². The maximum atomic E-state index is 5.79. The van der Waals surface area contributed by atoms with Crippen LogP contribution in [0.2, 0.25) is 0 Å². The molecule has 16 heavy (non-hydrogen) atoms. The Hall–Kier alpha value is -1.32. The first-order chi connectivity index (χ1) is 7.78. The summed E-state index contributed by atoms with van der Waals surface area (Å²) in [6.45, 7) is 2.62. The normalized spacial score (nSPS) is 17.6. The third-order valence-corrected chi connectivity index (χ3v) is 2.66. The van der Waals surface area contributed by atoms with E-state index in [-0.39, 0.29) is 0 Å². The van der Waals surface area contributed by atoms with Gasteiger partial charge in [0, 0.05) is 19.6 Å². The average molecular weight is 218 g/mol. The van der Waals surface area contributed by atoms with E-state index in [1.54, 1.807) is 0 Å². The van der Waals surface area contributed by atoms with E-state index in [1.807, 2.05) is 36.4 Å². The molecule has 0 radical (unpaired) electrons. The summed E-state index contributed by atoms with van der Waals surface area (Å²) in [5.41, 5.74) is 6.55. The number of nitrogens with two attached hydrogens (primary N) is 1. The average Bonchev–Trinajstić information content (AvgIpc) is 2.26. The van der Waals surface area contributed by atoms with Crippen molar-refractivity contribution in [1.82, 2.24) is 4.90 Å². The minimum absolute atomic E-state index is 0.357. The number of benzene rings is 1. The Labute approximate surface area is 96.5 Å². The molecule has 0 amide bonds. The van der Waals surface area contributed by atoms with Crippen LogP contribution in [0.1, 0.15) is 5.56 Å². The Morgan fingerprint density at radius 2 is 2.06 bits per heavy atom. The van der Waals surface area contributed by atoms with Gasteiger partial charge in [-0.1, -0.05) is 24.3 Å². The fraction of sp³-hybridized carbons (Fsp3) is 0.385. The van der Waals surface area contributed by atoms with Gasteiger partial charge in [-0.3, -0.25) is 4.90 Å². The van der Waals surface area contributed by atoms with Crippen LogP contribution in [0.4, 0.5) is 0 Å². The van der Waals surface area contributed by atoms with E-state index in [2.05, 4.69) is 11.9 Å². The van der Waals surface area contributed by atoms with Crippen LogP contribution in [0, 0.1) is 0 Å². The zero-order chi connectivity index (χ0) is 11.4. The SMILES string of the molecule is CN1CC(Oc2ccc(/C=C/CN)cc2)C1. The van der Waals surface area contributed by atoms with Gasteiger partial charge < -0.3 is 10.5 Å². The number of nitrogens with zero attached hydrogens (tertiary/aromatic N) is 1. The van der Waals surface area contributed by atoms with Gasteiger partial charge in [-0.2, -0.15) is 0 Å². The number of likely N-dealkylation sites (N-methyl/N-ethyl adjacent to an activating group) is 1. The van der Waals surface area contributed by atoms with E-state index in [0.29, 0.717) is 12.6 Å². The first kappa shape index (κ1) is 11.2. The molecule has 0 spiro atoms. The largest absolute Gasteiger partial charge is 0.488 e. The maximum absolute atomic E-state index is 5.79. The molecule has 1 heterocycles. The van der Waals surface area contributed by atoms with Gasteiger partial charge in [0.2, 0.25) is 0 Å². The van der Waals surface area contributed by atoms with Crippen molar-refractivity contribution in [1.29, 1.82) is 0 Å². The van der Waals surface area contributed by atoms with Crippen LogP contribution in [-0.2, 0) is 0 Å². The molecule has 3 nitrogen and oxygen atoms in total. The standard InChI is InChI=1S/C13H18N2O/c1-15-9-13(10-15)16-12-6-4-11(5-7-12)3-2-8-14/h2-7,13H,8-10,14H2,1H3/b3-2+. The predicted molar refractivity (Wildman–Crippen MR) is 66.4 cm³/mol. The summed E-state index contributed by atoms with van der Waals surface area (Å²) >= 11 is 0. The molecular weight excluding hydrogens is 200 g/mol. The van der Waals surface area contributed by atoms with Crippen molar-refractivity contribution < 1.29 is 4.74 Å². The molecule has 0 unspecified atom stereocenters. The summed E-state index contributed by atoms with van der Waals surface area (Å²) < 4.78 is 5.79. The number of hydrogen-bond donors (Lipinski definition) is 1. The fourth-order valence-corrected chi connectivity index (χ4v) is 1.77. The van der Waals surface area contributed by atoms with Gasteiger partial charge in [-0.25, -0.2) is 0 Å². The molecule has 0 saturated carbocycles. The second-order valence-electron chi connectivity index (χ2n) is 4.17. The van der Waals surface area contributed by atoms with E-state index in [1.165, 1.54) is 0 Å². The first-order valence-corrected chi connectivity index (χ1v) is 5.60. The highest BCUT2D eigenvalue weighted by molar-refractivity contribution is 5.50. The quantitative estimate of drug-likeness (QED) is 0.829. The Morgan fingerprint density at radius 3 is 2.62 bits per heavy atom. The first-order valence-electron chi connectivity index (χ1n) is 5.60. The summed E-state index contributed by atoms with van der Waals surface area (Å²) in [4.78, 5) is 2.24. The highest BCUT2D eigenvalue weighted by Crippen LogP contribution is 2.18. The molecular formula is C13H18N2O. The highest BCUT2D eigenvalue weighted by Gasteiger charge is 2.24. The van der Waals surface area contributed by atoms with Crippen LogP contribution in [0.5, 0.6) is 5.75 Å². The molecule has 0 bridgehead atoms. The summed E-state index contributed by atoms with van der Waals surface area (Å²) in [6.07, 6.45) is 4.31. The van der Waals surface area contributed by atoms with Crippen molar-refractivity contribution >= 4 is 6.08 Å². The molecule has 2 rings (SSSR count). The molecule has 2 N–H and O–H groups in total.